The number of hydrogen-bond donors (Lipinski definition) is 1. The summed E-state index contributed by atoms with van der Waals surface area (Å²) < 4.78 is 0. The maximum atomic E-state index is 12.7. The second-order valence-electron chi connectivity index (χ2n) is 6.74. The van der Waals surface area contributed by atoms with Gasteiger partial charge in [-0.3, -0.25) is 4.79 Å². The minimum Gasteiger partial charge on any atom is -0.338 e. The molecule has 1 N–H and O–H groups in total. The molecule has 0 radical (unpaired) electrons. The van der Waals surface area contributed by atoms with Crippen LogP contribution < -0.4 is 5.32 Å². The number of fused-ring (bicyclic) bond motifs is 1. The molecule has 114 valence electrons. The van der Waals surface area contributed by atoms with E-state index in [0.717, 1.165) is 44.6 Å². The predicted molar refractivity (Wildman–Crippen MR) is 86.2 cm³/mol. The van der Waals surface area contributed by atoms with Crippen LogP contribution in [0.1, 0.15) is 40.7 Å². The summed E-state index contributed by atoms with van der Waals surface area (Å²) in [5, 5.41) is 3.45. The molecule has 1 spiro atoms. The average molecular weight is 307 g/mol. The van der Waals surface area contributed by atoms with Gasteiger partial charge in [0.25, 0.3) is 5.91 Å². The number of benzene rings is 1. The van der Waals surface area contributed by atoms with Gasteiger partial charge in [-0.2, -0.15) is 0 Å². The van der Waals surface area contributed by atoms with E-state index in [1.165, 1.54) is 30.4 Å². The van der Waals surface area contributed by atoms with Crippen molar-refractivity contribution in [2.75, 3.05) is 26.2 Å². The molecule has 2 aliphatic heterocycles. The van der Waals surface area contributed by atoms with E-state index in [1.807, 2.05) is 6.07 Å². The molecule has 3 aliphatic rings. The first kappa shape index (κ1) is 14.9. The van der Waals surface area contributed by atoms with Crippen molar-refractivity contribution in [3.05, 3.63) is 34.9 Å². The highest BCUT2D eigenvalue weighted by atomic mass is 35.5. The molecule has 1 atom stereocenters. The quantitative estimate of drug-likeness (QED) is 0.864. The maximum absolute atomic E-state index is 12.7. The molecule has 3 nitrogen and oxygen atoms in total. The van der Waals surface area contributed by atoms with E-state index in [9.17, 15) is 4.79 Å². The van der Waals surface area contributed by atoms with Crippen LogP contribution in [0.4, 0.5) is 0 Å². The lowest BCUT2D eigenvalue weighted by Crippen LogP contribution is -2.33. The van der Waals surface area contributed by atoms with Gasteiger partial charge in [-0.05, 0) is 61.9 Å². The normalized spacial score (nSPS) is 27.0. The van der Waals surface area contributed by atoms with Crippen molar-refractivity contribution in [3.63, 3.8) is 0 Å². The summed E-state index contributed by atoms with van der Waals surface area (Å²) >= 11 is 0. The minimum absolute atomic E-state index is 0. The molecule has 0 aromatic heterocycles. The molecule has 1 aliphatic carbocycles. The van der Waals surface area contributed by atoms with Gasteiger partial charge >= 0.3 is 0 Å². The van der Waals surface area contributed by atoms with Crippen LogP contribution in [0.5, 0.6) is 0 Å². The molecule has 4 heteroatoms. The lowest BCUT2D eigenvalue weighted by molar-refractivity contribution is 0.0775. The summed E-state index contributed by atoms with van der Waals surface area (Å²) in [5.41, 5.74) is 4.10. The fourth-order valence-electron chi connectivity index (χ4n) is 4.14. The van der Waals surface area contributed by atoms with Gasteiger partial charge in [-0.1, -0.05) is 6.07 Å². The number of aryl methyl sites for hydroxylation is 2. The first-order valence-electron chi connectivity index (χ1n) is 7.88. The number of amides is 1. The zero-order valence-electron chi connectivity index (χ0n) is 12.4. The molecule has 1 unspecified atom stereocenters. The Kier molecular flexibility index (Phi) is 3.98. The van der Waals surface area contributed by atoms with E-state index in [4.69, 9.17) is 0 Å². The van der Waals surface area contributed by atoms with E-state index in [0.29, 0.717) is 5.41 Å². The van der Waals surface area contributed by atoms with Gasteiger partial charge in [-0.25, -0.2) is 0 Å². The second-order valence-corrected chi connectivity index (χ2v) is 6.74. The highest BCUT2D eigenvalue weighted by molar-refractivity contribution is 5.94. The third kappa shape index (κ3) is 2.58. The summed E-state index contributed by atoms with van der Waals surface area (Å²) in [6, 6.07) is 6.34. The SMILES string of the molecule is Cl.O=C(c1ccc2c(c1)CCC2)N1CCC2(CCNC2)C1. The number of carbonyl (C=O) groups excluding carboxylic acids is 1. The molecule has 4 rings (SSSR count). The predicted octanol–water partition coefficient (Wildman–Crippen LogP) is 2.42. The number of rotatable bonds is 1. The molecule has 2 heterocycles. The van der Waals surface area contributed by atoms with Crippen molar-refractivity contribution in [2.45, 2.75) is 32.1 Å². The van der Waals surface area contributed by atoms with Crippen LogP contribution in [-0.2, 0) is 12.8 Å². The van der Waals surface area contributed by atoms with Crippen LogP contribution in [0.25, 0.3) is 0 Å². The highest BCUT2D eigenvalue weighted by Gasteiger charge is 2.41. The monoisotopic (exact) mass is 306 g/mol. The number of carbonyl (C=O) groups is 1. The zero-order chi connectivity index (χ0) is 13.6. The Labute approximate surface area is 132 Å². The van der Waals surface area contributed by atoms with E-state index in [-0.39, 0.29) is 18.3 Å². The highest BCUT2D eigenvalue weighted by Crippen LogP contribution is 2.36. The maximum Gasteiger partial charge on any atom is 0.253 e. The molecule has 1 amide bonds. The molecule has 0 bridgehead atoms. The van der Waals surface area contributed by atoms with Crippen molar-refractivity contribution >= 4 is 18.3 Å². The van der Waals surface area contributed by atoms with Gasteiger partial charge in [0.05, 0.1) is 0 Å². The minimum atomic E-state index is 0. The Morgan fingerprint density at radius 3 is 2.86 bits per heavy atom. The van der Waals surface area contributed by atoms with Crippen molar-refractivity contribution in [3.8, 4) is 0 Å². The van der Waals surface area contributed by atoms with Crippen LogP contribution in [0, 0.1) is 5.41 Å². The van der Waals surface area contributed by atoms with Crippen molar-refractivity contribution in [1.29, 1.82) is 0 Å². The summed E-state index contributed by atoms with van der Waals surface area (Å²) in [6.07, 6.45) is 5.95. The molecular formula is C17H23ClN2O. The summed E-state index contributed by atoms with van der Waals surface area (Å²) in [7, 11) is 0. The van der Waals surface area contributed by atoms with Gasteiger partial charge in [0.1, 0.15) is 0 Å². The van der Waals surface area contributed by atoms with E-state index < -0.39 is 0 Å². The number of halogens is 1. The smallest absolute Gasteiger partial charge is 0.253 e. The Morgan fingerprint density at radius 1 is 1.19 bits per heavy atom. The Balaban J connectivity index is 0.00000132. The summed E-state index contributed by atoms with van der Waals surface area (Å²) in [5.74, 6) is 0.239. The molecule has 1 aromatic rings. The zero-order valence-corrected chi connectivity index (χ0v) is 13.2. The van der Waals surface area contributed by atoms with Crippen LogP contribution in [0.15, 0.2) is 18.2 Å². The summed E-state index contributed by atoms with van der Waals surface area (Å²) in [4.78, 5) is 14.8. The Bertz CT molecular complexity index is 552. The second kappa shape index (κ2) is 5.62. The molecular weight excluding hydrogens is 284 g/mol. The van der Waals surface area contributed by atoms with Crippen LogP contribution in [0.3, 0.4) is 0 Å². The van der Waals surface area contributed by atoms with E-state index in [2.05, 4.69) is 22.3 Å². The molecule has 21 heavy (non-hydrogen) atoms. The largest absolute Gasteiger partial charge is 0.338 e. The third-order valence-corrected chi connectivity index (χ3v) is 5.40. The first-order valence-corrected chi connectivity index (χ1v) is 7.88. The van der Waals surface area contributed by atoms with E-state index in [1.54, 1.807) is 0 Å². The Hall–Kier alpha value is -1.06. The Morgan fingerprint density at radius 2 is 2.05 bits per heavy atom. The molecule has 2 saturated heterocycles. The number of nitrogens with one attached hydrogen (secondary N) is 1. The lowest BCUT2D eigenvalue weighted by Gasteiger charge is -2.23. The van der Waals surface area contributed by atoms with Crippen LogP contribution in [0.2, 0.25) is 0 Å². The van der Waals surface area contributed by atoms with Crippen molar-refractivity contribution in [1.82, 2.24) is 10.2 Å². The van der Waals surface area contributed by atoms with Crippen molar-refractivity contribution < 1.29 is 4.79 Å². The van der Waals surface area contributed by atoms with Crippen molar-refractivity contribution in [2.24, 2.45) is 5.41 Å². The van der Waals surface area contributed by atoms with Gasteiger partial charge < -0.3 is 10.2 Å². The molecule has 1 aromatic carbocycles. The fraction of sp³-hybridized carbons (Fsp3) is 0.588. The summed E-state index contributed by atoms with van der Waals surface area (Å²) in [6.45, 7) is 4.06. The fourth-order valence-corrected chi connectivity index (χ4v) is 4.14. The number of nitrogens with zero attached hydrogens (tertiary/aromatic N) is 1. The van der Waals surface area contributed by atoms with Gasteiger partial charge in [0.2, 0.25) is 0 Å². The standard InChI is InChI=1S/C17H22N2O.ClH/c20-16(15-5-4-13-2-1-3-14(13)10-15)19-9-7-17(12-19)6-8-18-11-17;/h4-5,10,18H,1-3,6-9,11-12H2;1H. The first-order chi connectivity index (χ1) is 9.76. The lowest BCUT2D eigenvalue weighted by atomic mass is 9.86. The van der Waals surface area contributed by atoms with Gasteiger partial charge in [-0.15, -0.1) is 12.4 Å². The number of likely N-dealkylation sites (tertiary alicyclic amines) is 1. The average Bonchev–Trinajstić information content (AvgIpc) is 3.19. The topological polar surface area (TPSA) is 32.3 Å². The van der Waals surface area contributed by atoms with Gasteiger partial charge in [0, 0.05) is 30.6 Å². The third-order valence-electron chi connectivity index (χ3n) is 5.40. The number of hydrogen-bond acceptors (Lipinski definition) is 2. The van der Waals surface area contributed by atoms with Gasteiger partial charge in [0.15, 0.2) is 0 Å². The van der Waals surface area contributed by atoms with Crippen LogP contribution >= 0.6 is 12.4 Å². The van der Waals surface area contributed by atoms with E-state index >= 15 is 0 Å². The van der Waals surface area contributed by atoms with Crippen LogP contribution in [-0.4, -0.2) is 37.0 Å². The molecule has 0 saturated carbocycles. The molecule has 2 fully saturated rings.